The van der Waals surface area contributed by atoms with Crippen LogP contribution in [0, 0.1) is 5.82 Å². The van der Waals surface area contributed by atoms with Crippen molar-refractivity contribution in [1.29, 1.82) is 0 Å². The molecule has 7 heteroatoms. The molecule has 1 saturated heterocycles. The van der Waals surface area contributed by atoms with Crippen LogP contribution in [0.4, 0.5) is 4.39 Å². The minimum absolute atomic E-state index is 0.0324. The zero-order valence-corrected chi connectivity index (χ0v) is 12.9. The molecular weight excluding hydrogens is 311 g/mol. The second-order valence-corrected chi connectivity index (χ2v) is 5.34. The van der Waals surface area contributed by atoms with E-state index in [-0.39, 0.29) is 29.7 Å². The van der Waals surface area contributed by atoms with Crippen LogP contribution < -0.4 is 0 Å². The molecule has 1 aromatic heterocycles. The maximum atomic E-state index is 14.8. The number of nitrogens with zero attached hydrogens (tertiary/aromatic N) is 2. The molecule has 2 heterocycles. The molecule has 1 atom stereocenters. The van der Waals surface area contributed by atoms with Crippen molar-refractivity contribution in [3.8, 4) is 0 Å². The molecule has 0 amide bonds. The molecule has 0 N–H and O–H groups in total. The number of alkyl halides is 1. The zero-order valence-electron chi connectivity index (χ0n) is 12.1. The highest BCUT2D eigenvalue weighted by molar-refractivity contribution is 6.16. The first-order chi connectivity index (χ1) is 10.7. The van der Waals surface area contributed by atoms with Crippen molar-refractivity contribution in [3.63, 3.8) is 0 Å². The van der Waals surface area contributed by atoms with Crippen LogP contribution in [0.3, 0.4) is 0 Å². The number of benzene rings is 1. The Labute approximate surface area is 132 Å². The average molecular weight is 327 g/mol. The molecule has 1 aliphatic rings. The first-order valence-corrected chi connectivity index (χ1v) is 7.71. The molecule has 0 bridgehead atoms. The van der Waals surface area contributed by atoms with Gasteiger partial charge >= 0.3 is 5.97 Å². The maximum absolute atomic E-state index is 14.8. The number of hydrogen-bond acceptors (Lipinski definition) is 4. The van der Waals surface area contributed by atoms with E-state index in [1.807, 2.05) is 0 Å². The van der Waals surface area contributed by atoms with Gasteiger partial charge in [-0.15, -0.1) is 11.6 Å². The van der Waals surface area contributed by atoms with E-state index in [4.69, 9.17) is 21.1 Å². The summed E-state index contributed by atoms with van der Waals surface area (Å²) < 4.78 is 26.8. The molecule has 0 saturated carbocycles. The summed E-state index contributed by atoms with van der Waals surface area (Å²) >= 11 is 5.91. The van der Waals surface area contributed by atoms with Crippen LogP contribution in [-0.2, 0) is 21.9 Å². The van der Waals surface area contributed by atoms with Crippen LogP contribution in [0.15, 0.2) is 12.1 Å². The minimum Gasteiger partial charge on any atom is -0.462 e. The molecule has 5 nitrogen and oxygen atoms in total. The normalized spacial score (nSPS) is 17.5. The Hall–Kier alpha value is -1.66. The number of rotatable bonds is 5. The average Bonchev–Trinajstić information content (AvgIpc) is 2.82. The van der Waals surface area contributed by atoms with Crippen molar-refractivity contribution >= 4 is 28.6 Å². The van der Waals surface area contributed by atoms with Gasteiger partial charge in [0.15, 0.2) is 5.82 Å². The van der Waals surface area contributed by atoms with Crippen LogP contribution in [0.25, 0.3) is 11.0 Å². The lowest BCUT2D eigenvalue weighted by Gasteiger charge is -2.27. The van der Waals surface area contributed by atoms with Crippen molar-refractivity contribution in [2.75, 3.05) is 13.2 Å². The molecule has 1 fully saturated rings. The Morgan fingerprint density at radius 3 is 2.95 bits per heavy atom. The number of hydrogen-bond donors (Lipinski definition) is 0. The summed E-state index contributed by atoms with van der Waals surface area (Å²) in [6.45, 7) is 3.06. The number of esters is 1. The maximum Gasteiger partial charge on any atom is 0.341 e. The number of imidazole rings is 1. The molecule has 1 aromatic carbocycles. The molecule has 0 spiro atoms. The smallest absolute Gasteiger partial charge is 0.341 e. The number of fused-ring (bicyclic) bond motifs is 1. The largest absolute Gasteiger partial charge is 0.462 e. The zero-order chi connectivity index (χ0) is 15.7. The first kappa shape index (κ1) is 15.2. The van der Waals surface area contributed by atoms with Gasteiger partial charge in [-0.1, -0.05) is 0 Å². The number of aromatic nitrogens is 2. The lowest BCUT2D eigenvalue weighted by atomic mass is 10.1. The van der Waals surface area contributed by atoms with Crippen molar-refractivity contribution in [1.82, 2.24) is 9.55 Å². The first-order valence-electron chi connectivity index (χ1n) is 7.18. The van der Waals surface area contributed by atoms with Crippen LogP contribution in [0.2, 0.25) is 0 Å². The van der Waals surface area contributed by atoms with Crippen LogP contribution in [0.1, 0.15) is 29.5 Å². The molecule has 118 valence electrons. The van der Waals surface area contributed by atoms with Gasteiger partial charge in [-0.05, 0) is 25.5 Å². The van der Waals surface area contributed by atoms with Gasteiger partial charge in [0.2, 0.25) is 0 Å². The van der Waals surface area contributed by atoms with Crippen LogP contribution >= 0.6 is 11.6 Å². The lowest BCUT2D eigenvalue weighted by Crippen LogP contribution is -2.31. The number of carbonyl (C=O) groups is 1. The molecule has 1 aliphatic heterocycles. The highest BCUT2D eigenvalue weighted by atomic mass is 35.5. The highest BCUT2D eigenvalue weighted by Crippen LogP contribution is 2.26. The Morgan fingerprint density at radius 2 is 2.36 bits per heavy atom. The fourth-order valence-corrected chi connectivity index (χ4v) is 2.73. The van der Waals surface area contributed by atoms with E-state index in [9.17, 15) is 9.18 Å². The van der Waals surface area contributed by atoms with Gasteiger partial charge in [-0.3, -0.25) is 0 Å². The SMILES string of the molecule is CCOC(=O)c1ccc2nc(CCl)n(C[C@@H]3CCO3)c2c1F. The third kappa shape index (κ3) is 2.57. The van der Waals surface area contributed by atoms with Crippen molar-refractivity contribution in [2.45, 2.75) is 31.9 Å². The van der Waals surface area contributed by atoms with Crippen LogP contribution in [-0.4, -0.2) is 34.8 Å². The van der Waals surface area contributed by atoms with E-state index in [2.05, 4.69) is 4.98 Å². The van der Waals surface area contributed by atoms with E-state index < -0.39 is 11.8 Å². The van der Waals surface area contributed by atoms with Gasteiger partial charge in [0.05, 0.1) is 36.2 Å². The molecule has 0 aliphatic carbocycles. The van der Waals surface area contributed by atoms with E-state index >= 15 is 0 Å². The predicted octanol–water partition coefficient (Wildman–Crippen LogP) is 2.88. The van der Waals surface area contributed by atoms with Crippen LogP contribution in [0.5, 0.6) is 0 Å². The van der Waals surface area contributed by atoms with E-state index in [1.54, 1.807) is 17.6 Å². The Bertz CT molecular complexity index is 712. The molecular formula is C15H16ClFN2O3. The quantitative estimate of drug-likeness (QED) is 0.626. The fourth-order valence-electron chi connectivity index (χ4n) is 2.53. The molecule has 0 radical (unpaired) electrons. The molecule has 2 aromatic rings. The molecule has 3 rings (SSSR count). The number of carbonyl (C=O) groups excluding carboxylic acids is 1. The van der Waals surface area contributed by atoms with E-state index in [1.165, 1.54) is 6.07 Å². The Kier molecular flexibility index (Phi) is 4.31. The molecule has 0 unspecified atom stereocenters. The van der Waals surface area contributed by atoms with Gasteiger partial charge in [-0.25, -0.2) is 14.2 Å². The Balaban J connectivity index is 2.09. The van der Waals surface area contributed by atoms with Gasteiger partial charge in [0.1, 0.15) is 11.3 Å². The Morgan fingerprint density at radius 1 is 1.59 bits per heavy atom. The van der Waals surface area contributed by atoms with Gasteiger partial charge in [0, 0.05) is 6.61 Å². The summed E-state index contributed by atoms with van der Waals surface area (Å²) in [6, 6.07) is 3.00. The third-order valence-electron chi connectivity index (χ3n) is 3.72. The predicted molar refractivity (Wildman–Crippen MR) is 79.6 cm³/mol. The second kappa shape index (κ2) is 6.22. The summed E-state index contributed by atoms with van der Waals surface area (Å²) in [5, 5.41) is 0. The number of halogens is 2. The lowest BCUT2D eigenvalue weighted by molar-refractivity contribution is -0.0589. The second-order valence-electron chi connectivity index (χ2n) is 5.07. The highest BCUT2D eigenvalue weighted by Gasteiger charge is 2.25. The van der Waals surface area contributed by atoms with Gasteiger partial charge in [0.25, 0.3) is 0 Å². The summed E-state index contributed by atoms with van der Waals surface area (Å²) in [4.78, 5) is 16.2. The number of ether oxygens (including phenoxy) is 2. The van der Waals surface area contributed by atoms with Gasteiger partial charge < -0.3 is 14.0 Å². The summed E-state index contributed by atoms with van der Waals surface area (Å²) in [7, 11) is 0. The van der Waals surface area contributed by atoms with Crippen molar-refractivity contribution < 1.29 is 18.7 Å². The topological polar surface area (TPSA) is 53.3 Å². The van der Waals surface area contributed by atoms with Crippen molar-refractivity contribution in [3.05, 3.63) is 29.3 Å². The fraction of sp³-hybridized carbons (Fsp3) is 0.467. The molecule has 22 heavy (non-hydrogen) atoms. The summed E-state index contributed by atoms with van der Waals surface area (Å²) in [6.07, 6.45) is 0.950. The van der Waals surface area contributed by atoms with E-state index in [0.717, 1.165) is 6.42 Å². The van der Waals surface area contributed by atoms with E-state index in [0.29, 0.717) is 24.5 Å². The standard InChI is InChI=1S/C15H16ClFN2O3/c1-2-21-15(20)10-3-4-11-14(13(10)17)19(12(7-16)18-11)8-9-5-6-22-9/h3-4,9H,2,5-8H2,1H3/t9-/m0/s1. The van der Waals surface area contributed by atoms with Crippen molar-refractivity contribution in [2.24, 2.45) is 0 Å². The summed E-state index contributed by atoms with van der Waals surface area (Å²) in [5.74, 6) is -0.580. The third-order valence-corrected chi connectivity index (χ3v) is 3.96. The van der Waals surface area contributed by atoms with Gasteiger partial charge in [-0.2, -0.15) is 0 Å². The minimum atomic E-state index is -0.679. The summed E-state index contributed by atoms with van der Waals surface area (Å²) in [5.41, 5.74) is 0.656. The monoisotopic (exact) mass is 326 g/mol.